The monoisotopic (exact) mass is 210 g/mol. The summed E-state index contributed by atoms with van der Waals surface area (Å²) in [4.78, 5) is 0. The Balaban J connectivity index is 2.00. The number of nitrogens with two attached hydrogens (primary N) is 1. The Bertz CT molecular complexity index is 309. The third-order valence-electron chi connectivity index (χ3n) is 3.00. The Hall–Kier alpha value is -1.17. The molecule has 6 heteroatoms. The van der Waals surface area contributed by atoms with Gasteiger partial charge < -0.3 is 11.1 Å². The van der Waals surface area contributed by atoms with Crippen LogP contribution in [-0.2, 0) is 7.05 Å². The molecule has 0 amide bonds. The maximum atomic E-state index is 6.11. The molecular weight excluding hydrogens is 192 g/mol. The molecule has 1 saturated carbocycles. The van der Waals surface area contributed by atoms with Crippen LogP contribution >= 0.6 is 0 Å². The highest BCUT2D eigenvalue weighted by Gasteiger charge is 2.21. The first-order valence-corrected chi connectivity index (χ1v) is 5.52. The van der Waals surface area contributed by atoms with E-state index in [1.165, 1.54) is 19.3 Å². The Morgan fingerprint density at radius 2 is 2.13 bits per heavy atom. The largest absolute Gasteiger partial charge is 0.349 e. The molecule has 0 radical (unpaired) electrons. The van der Waals surface area contributed by atoms with Gasteiger partial charge in [-0.1, -0.05) is 24.4 Å². The third kappa shape index (κ3) is 2.44. The minimum Gasteiger partial charge on any atom is -0.349 e. The maximum absolute atomic E-state index is 6.11. The molecule has 15 heavy (non-hydrogen) atoms. The van der Waals surface area contributed by atoms with E-state index in [2.05, 4.69) is 20.8 Å². The van der Waals surface area contributed by atoms with Crippen molar-refractivity contribution in [2.75, 3.05) is 5.32 Å². The SMILES string of the molecule is Cn1nnnc1NC1CCCCCC1N. The van der Waals surface area contributed by atoms with Crippen LogP contribution in [0.3, 0.4) is 0 Å². The van der Waals surface area contributed by atoms with E-state index in [0.717, 1.165) is 12.8 Å². The molecule has 2 unspecified atom stereocenters. The Labute approximate surface area is 89.2 Å². The number of tetrazole rings is 1. The van der Waals surface area contributed by atoms with E-state index in [1.54, 1.807) is 4.68 Å². The molecule has 2 rings (SSSR count). The summed E-state index contributed by atoms with van der Waals surface area (Å²) in [5.41, 5.74) is 6.11. The number of nitrogens with zero attached hydrogens (tertiary/aromatic N) is 4. The first kappa shape index (κ1) is 10.4. The highest BCUT2D eigenvalue weighted by Crippen LogP contribution is 2.19. The van der Waals surface area contributed by atoms with Crippen LogP contribution in [-0.4, -0.2) is 32.3 Å². The summed E-state index contributed by atoms with van der Waals surface area (Å²) in [6.07, 6.45) is 5.94. The number of rotatable bonds is 2. The van der Waals surface area contributed by atoms with Crippen molar-refractivity contribution >= 4 is 5.95 Å². The third-order valence-corrected chi connectivity index (χ3v) is 3.00. The Morgan fingerprint density at radius 1 is 1.33 bits per heavy atom. The van der Waals surface area contributed by atoms with Gasteiger partial charge in [0.05, 0.1) is 0 Å². The molecule has 1 fully saturated rings. The van der Waals surface area contributed by atoms with Crippen LogP contribution in [0, 0.1) is 0 Å². The topological polar surface area (TPSA) is 81.7 Å². The number of hydrogen-bond acceptors (Lipinski definition) is 5. The van der Waals surface area contributed by atoms with Crippen molar-refractivity contribution < 1.29 is 0 Å². The zero-order valence-electron chi connectivity index (χ0n) is 9.06. The number of anilines is 1. The van der Waals surface area contributed by atoms with Crippen molar-refractivity contribution in [3.8, 4) is 0 Å². The summed E-state index contributed by atoms with van der Waals surface area (Å²) < 4.78 is 1.64. The van der Waals surface area contributed by atoms with Crippen LogP contribution in [0.2, 0.25) is 0 Å². The van der Waals surface area contributed by atoms with Crippen molar-refractivity contribution in [2.24, 2.45) is 12.8 Å². The van der Waals surface area contributed by atoms with Gasteiger partial charge in [-0.25, -0.2) is 4.68 Å². The van der Waals surface area contributed by atoms with Gasteiger partial charge in [-0.2, -0.15) is 0 Å². The molecule has 6 nitrogen and oxygen atoms in total. The molecule has 1 heterocycles. The molecule has 0 bridgehead atoms. The second kappa shape index (κ2) is 4.57. The fourth-order valence-electron chi connectivity index (χ4n) is 2.03. The highest BCUT2D eigenvalue weighted by atomic mass is 15.6. The van der Waals surface area contributed by atoms with Gasteiger partial charge in [-0.05, 0) is 23.3 Å². The molecule has 0 aromatic carbocycles. The van der Waals surface area contributed by atoms with Gasteiger partial charge in [0.2, 0.25) is 5.95 Å². The Morgan fingerprint density at radius 3 is 2.87 bits per heavy atom. The van der Waals surface area contributed by atoms with E-state index < -0.39 is 0 Å². The van der Waals surface area contributed by atoms with E-state index in [0.29, 0.717) is 12.0 Å². The summed E-state index contributed by atoms with van der Waals surface area (Å²) in [5.74, 6) is 0.706. The first-order chi connectivity index (χ1) is 7.27. The van der Waals surface area contributed by atoms with Crippen LogP contribution in [0.4, 0.5) is 5.95 Å². The second-order valence-electron chi connectivity index (χ2n) is 4.18. The summed E-state index contributed by atoms with van der Waals surface area (Å²) in [6, 6.07) is 0.515. The van der Waals surface area contributed by atoms with Crippen molar-refractivity contribution in [2.45, 2.75) is 44.2 Å². The number of hydrogen-bond donors (Lipinski definition) is 2. The molecule has 1 aromatic heterocycles. The molecule has 3 N–H and O–H groups in total. The van der Waals surface area contributed by atoms with Gasteiger partial charge in [0, 0.05) is 19.1 Å². The van der Waals surface area contributed by atoms with Crippen LogP contribution in [0.1, 0.15) is 32.1 Å². The maximum Gasteiger partial charge on any atom is 0.242 e. The zero-order chi connectivity index (χ0) is 10.7. The smallest absolute Gasteiger partial charge is 0.242 e. The number of nitrogens with one attached hydrogen (secondary N) is 1. The molecule has 2 atom stereocenters. The summed E-state index contributed by atoms with van der Waals surface area (Å²) in [7, 11) is 1.82. The van der Waals surface area contributed by atoms with Crippen molar-refractivity contribution in [1.29, 1.82) is 0 Å². The van der Waals surface area contributed by atoms with Gasteiger partial charge >= 0.3 is 0 Å². The molecule has 1 aromatic rings. The number of aryl methyl sites for hydroxylation is 1. The standard InChI is InChI=1S/C9H18N6/c1-15-9(12-13-14-15)11-8-6-4-2-3-5-7(8)10/h7-8H,2-6,10H2,1H3,(H,11,12,14). The van der Waals surface area contributed by atoms with Crippen LogP contribution < -0.4 is 11.1 Å². The lowest BCUT2D eigenvalue weighted by atomic mass is 10.0. The van der Waals surface area contributed by atoms with Crippen LogP contribution in [0.25, 0.3) is 0 Å². The molecule has 1 aliphatic rings. The normalized spacial score (nSPS) is 27.3. The van der Waals surface area contributed by atoms with Crippen molar-refractivity contribution in [3.63, 3.8) is 0 Å². The quantitative estimate of drug-likeness (QED) is 0.685. The first-order valence-electron chi connectivity index (χ1n) is 5.52. The van der Waals surface area contributed by atoms with E-state index in [1.807, 2.05) is 7.05 Å². The fourth-order valence-corrected chi connectivity index (χ4v) is 2.03. The lowest BCUT2D eigenvalue weighted by Crippen LogP contribution is -2.39. The van der Waals surface area contributed by atoms with Crippen LogP contribution in [0.15, 0.2) is 0 Å². The second-order valence-corrected chi connectivity index (χ2v) is 4.18. The number of aromatic nitrogens is 4. The lowest BCUT2D eigenvalue weighted by Gasteiger charge is -2.22. The Kier molecular flexibility index (Phi) is 3.15. The van der Waals surface area contributed by atoms with Gasteiger partial charge in [0.1, 0.15) is 0 Å². The predicted molar refractivity (Wildman–Crippen MR) is 57.3 cm³/mol. The minimum absolute atomic E-state index is 0.212. The summed E-state index contributed by atoms with van der Waals surface area (Å²) in [6.45, 7) is 0. The van der Waals surface area contributed by atoms with E-state index in [4.69, 9.17) is 5.73 Å². The lowest BCUT2D eigenvalue weighted by molar-refractivity contribution is 0.522. The summed E-state index contributed by atoms with van der Waals surface area (Å²) in [5, 5.41) is 14.6. The van der Waals surface area contributed by atoms with E-state index in [-0.39, 0.29) is 6.04 Å². The van der Waals surface area contributed by atoms with Crippen molar-refractivity contribution in [3.05, 3.63) is 0 Å². The average Bonchev–Trinajstić information content (AvgIpc) is 2.50. The molecule has 0 spiro atoms. The van der Waals surface area contributed by atoms with Gasteiger partial charge in [-0.15, -0.1) is 0 Å². The molecule has 0 aliphatic heterocycles. The van der Waals surface area contributed by atoms with Gasteiger partial charge in [-0.3, -0.25) is 0 Å². The van der Waals surface area contributed by atoms with Gasteiger partial charge in [0.15, 0.2) is 0 Å². The van der Waals surface area contributed by atoms with E-state index >= 15 is 0 Å². The van der Waals surface area contributed by atoms with E-state index in [9.17, 15) is 0 Å². The summed E-state index contributed by atoms with van der Waals surface area (Å²) >= 11 is 0. The van der Waals surface area contributed by atoms with Gasteiger partial charge in [0.25, 0.3) is 0 Å². The molecule has 0 saturated heterocycles. The minimum atomic E-state index is 0.212. The zero-order valence-corrected chi connectivity index (χ0v) is 9.06. The highest BCUT2D eigenvalue weighted by molar-refractivity contribution is 5.24. The molecule has 84 valence electrons. The van der Waals surface area contributed by atoms with Crippen LogP contribution in [0.5, 0.6) is 0 Å². The average molecular weight is 210 g/mol. The molecule has 1 aliphatic carbocycles. The fraction of sp³-hybridized carbons (Fsp3) is 0.889. The predicted octanol–water partition coefficient (Wildman–Crippen LogP) is 0.282. The molecular formula is C9H18N6. The van der Waals surface area contributed by atoms with Crippen molar-refractivity contribution in [1.82, 2.24) is 20.2 Å².